The van der Waals surface area contributed by atoms with Crippen LogP contribution in [0, 0.1) is 17.6 Å². The van der Waals surface area contributed by atoms with E-state index in [1.165, 1.54) is 6.07 Å². The smallest absolute Gasteiger partial charge is 0.156 e. The van der Waals surface area contributed by atoms with Gasteiger partial charge >= 0.3 is 0 Å². The second-order valence-electron chi connectivity index (χ2n) is 8.92. The second-order valence-corrected chi connectivity index (χ2v) is 8.92. The summed E-state index contributed by atoms with van der Waals surface area (Å²) in [6.45, 7) is 5.99. The number of benzene rings is 1. The van der Waals surface area contributed by atoms with Crippen LogP contribution in [0.15, 0.2) is 36.8 Å². The van der Waals surface area contributed by atoms with Gasteiger partial charge in [-0.05, 0) is 18.1 Å². The van der Waals surface area contributed by atoms with E-state index in [0.717, 1.165) is 30.6 Å². The number of hydrogen-bond acceptors (Lipinski definition) is 5. The first-order valence-electron chi connectivity index (χ1n) is 11.5. The van der Waals surface area contributed by atoms with Crippen molar-refractivity contribution in [1.29, 1.82) is 0 Å². The Balaban J connectivity index is 1.47. The van der Waals surface area contributed by atoms with Crippen LogP contribution in [-0.4, -0.2) is 42.6 Å². The predicted octanol–water partition coefficient (Wildman–Crippen LogP) is 4.30. The van der Waals surface area contributed by atoms with E-state index in [9.17, 15) is 4.39 Å². The number of halogens is 2. The quantitative estimate of drug-likeness (QED) is 0.442. The van der Waals surface area contributed by atoms with Gasteiger partial charge in [0.1, 0.15) is 17.5 Å². The van der Waals surface area contributed by atoms with Crippen LogP contribution in [0.5, 0.6) is 0 Å². The molecule has 3 aromatic heterocycles. The Morgan fingerprint density at radius 2 is 2.00 bits per heavy atom. The average Bonchev–Trinajstić information content (AvgIpc) is 3.41. The van der Waals surface area contributed by atoms with E-state index in [4.69, 9.17) is 0 Å². The van der Waals surface area contributed by atoms with Crippen LogP contribution in [0.4, 0.5) is 8.78 Å². The topological polar surface area (TPSA) is 73.4 Å². The van der Waals surface area contributed by atoms with E-state index < -0.39 is 11.6 Å². The lowest BCUT2D eigenvalue weighted by atomic mass is 10.0. The van der Waals surface area contributed by atoms with Gasteiger partial charge in [-0.2, -0.15) is 5.10 Å². The lowest BCUT2D eigenvalue weighted by molar-refractivity contribution is 0.318. The van der Waals surface area contributed by atoms with Crippen LogP contribution in [0.25, 0.3) is 28.1 Å². The SMILES string of the molecule is CCC(C)/C=C\c1nnc(Cc2c(F)cc3ncc(-c4cnn(C5CNC5)c4)cc3c2F)n1C. The molecule has 1 atom stereocenters. The van der Waals surface area contributed by atoms with Crippen molar-refractivity contribution >= 4 is 17.0 Å². The highest BCUT2D eigenvalue weighted by atomic mass is 19.1. The largest absolute Gasteiger partial charge is 0.314 e. The fraction of sp³-hybridized carbons (Fsp3) is 0.360. The average molecular weight is 464 g/mol. The lowest BCUT2D eigenvalue weighted by Crippen LogP contribution is -2.43. The normalized spacial score (nSPS) is 15.3. The van der Waals surface area contributed by atoms with Crippen molar-refractivity contribution in [2.24, 2.45) is 13.0 Å². The van der Waals surface area contributed by atoms with Crippen LogP contribution in [0.3, 0.4) is 0 Å². The van der Waals surface area contributed by atoms with E-state index in [1.807, 2.05) is 17.0 Å². The zero-order valence-corrected chi connectivity index (χ0v) is 19.5. The second kappa shape index (κ2) is 9.06. The van der Waals surface area contributed by atoms with Gasteiger partial charge in [-0.1, -0.05) is 26.3 Å². The maximum Gasteiger partial charge on any atom is 0.156 e. The molecule has 1 N–H and O–H groups in total. The summed E-state index contributed by atoms with van der Waals surface area (Å²) < 4.78 is 34.1. The third-order valence-electron chi connectivity index (χ3n) is 6.59. The van der Waals surface area contributed by atoms with Crippen LogP contribution in [0.1, 0.15) is 43.5 Å². The minimum atomic E-state index is -0.643. The molecule has 0 aliphatic carbocycles. The minimum Gasteiger partial charge on any atom is -0.314 e. The molecule has 0 radical (unpaired) electrons. The van der Waals surface area contributed by atoms with Gasteiger partial charge in [0, 0.05) is 67.1 Å². The van der Waals surface area contributed by atoms with E-state index >= 15 is 4.39 Å². The van der Waals surface area contributed by atoms with Crippen LogP contribution in [-0.2, 0) is 13.5 Å². The number of pyridine rings is 1. The van der Waals surface area contributed by atoms with Gasteiger partial charge in [-0.3, -0.25) is 9.67 Å². The monoisotopic (exact) mass is 463 g/mol. The van der Waals surface area contributed by atoms with Crippen LogP contribution >= 0.6 is 0 Å². The highest BCUT2D eigenvalue weighted by molar-refractivity contribution is 5.84. The Hall–Kier alpha value is -3.46. The predicted molar refractivity (Wildman–Crippen MR) is 127 cm³/mol. The molecule has 0 spiro atoms. The Morgan fingerprint density at radius 3 is 2.74 bits per heavy atom. The molecule has 0 saturated carbocycles. The van der Waals surface area contributed by atoms with E-state index in [0.29, 0.717) is 23.6 Å². The first kappa shape index (κ1) is 22.3. The first-order valence-corrected chi connectivity index (χ1v) is 11.5. The highest BCUT2D eigenvalue weighted by Gasteiger charge is 2.21. The molecule has 4 heterocycles. The summed E-state index contributed by atoms with van der Waals surface area (Å²) in [5, 5.41) is 16.3. The molecule has 5 rings (SSSR count). The summed E-state index contributed by atoms with van der Waals surface area (Å²) in [4.78, 5) is 4.31. The number of nitrogens with zero attached hydrogens (tertiary/aromatic N) is 6. The maximum atomic E-state index is 15.6. The summed E-state index contributed by atoms with van der Waals surface area (Å²) in [6.07, 6.45) is 10.3. The zero-order chi connectivity index (χ0) is 23.8. The number of fused-ring (bicyclic) bond motifs is 1. The van der Waals surface area contributed by atoms with Crippen molar-refractivity contribution in [1.82, 2.24) is 34.8 Å². The Labute approximate surface area is 196 Å². The van der Waals surface area contributed by atoms with E-state index in [2.05, 4.69) is 45.5 Å². The van der Waals surface area contributed by atoms with Gasteiger partial charge in [0.25, 0.3) is 0 Å². The molecule has 1 aliphatic rings. The van der Waals surface area contributed by atoms with Crippen molar-refractivity contribution in [3.8, 4) is 11.1 Å². The summed E-state index contributed by atoms with van der Waals surface area (Å²) in [7, 11) is 1.80. The Morgan fingerprint density at radius 1 is 1.18 bits per heavy atom. The maximum absolute atomic E-state index is 15.6. The molecule has 1 unspecified atom stereocenters. The third-order valence-corrected chi connectivity index (χ3v) is 6.59. The summed E-state index contributed by atoms with van der Waals surface area (Å²) in [5.41, 5.74) is 1.81. The van der Waals surface area contributed by atoms with Gasteiger partial charge in [0.15, 0.2) is 5.82 Å². The molecular formula is C25H27F2N7. The molecule has 4 aromatic rings. The van der Waals surface area contributed by atoms with Crippen molar-refractivity contribution in [3.05, 3.63) is 65.6 Å². The molecule has 34 heavy (non-hydrogen) atoms. The number of aromatic nitrogens is 6. The highest BCUT2D eigenvalue weighted by Crippen LogP contribution is 2.29. The summed E-state index contributed by atoms with van der Waals surface area (Å²) in [5.74, 6) is 0.282. The molecule has 1 fully saturated rings. The van der Waals surface area contributed by atoms with Crippen LogP contribution < -0.4 is 5.32 Å². The molecule has 176 valence electrons. The molecule has 9 heteroatoms. The number of nitrogens with one attached hydrogen (secondary N) is 1. The molecule has 0 bridgehead atoms. The van der Waals surface area contributed by atoms with Crippen molar-refractivity contribution in [2.75, 3.05) is 13.1 Å². The van der Waals surface area contributed by atoms with Gasteiger partial charge in [-0.25, -0.2) is 8.78 Å². The van der Waals surface area contributed by atoms with Gasteiger partial charge in [-0.15, -0.1) is 10.2 Å². The minimum absolute atomic E-state index is 0.00881. The molecule has 1 saturated heterocycles. The molecular weight excluding hydrogens is 436 g/mol. The standard InChI is InChI=1S/C25H27F2N7/c1-4-15(2)5-6-23-31-32-24(33(23)3)8-19-21(26)9-22-20(25(19)27)7-16(10-29-22)17-11-30-34(14-17)18-12-28-13-18/h5-7,9-11,14-15,18,28H,4,8,12-13H2,1-3H3/b6-5-. The fourth-order valence-corrected chi connectivity index (χ4v) is 3.93. The molecule has 1 aromatic carbocycles. The van der Waals surface area contributed by atoms with E-state index in [-0.39, 0.29) is 22.9 Å². The van der Waals surface area contributed by atoms with Gasteiger partial charge in [0.2, 0.25) is 0 Å². The molecule has 7 nitrogen and oxygen atoms in total. The third kappa shape index (κ3) is 4.11. The van der Waals surface area contributed by atoms with Gasteiger partial charge < -0.3 is 9.88 Å². The Kier molecular flexibility index (Phi) is 5.95. The number of hydrogen-bond donors (Lipinski definition) is 1. The fourth-order valence-electron chi connectivity index (χ4n) is 3.93. The molecule has 0 amide bonds. The van der Waals surface area contributed by atoms with Gasteiger partial charge in [0.05, 0.1) is 17.8 Å². The van der Waals surface area contributed by atoms with E-state index in [1.54, 1.807) is 30.1 Å². The van der Waals surface area contributed by atoms with Crippen molar-refractivity contribution in [2.45, 2.75) is 32.7 Å². The van der Waals surface area contributed by atoms with Crippen molar-refractivity contribution in [3.63, 3.8) is 0 Å². The van der Waals surface area contributed by atoms with Crippen molar-refractivity contribution < 1.29 is 8.78 Å². The summed E-state index contributed by atoms with van der Waals surface area (Å²) >= 11 is 0. The Bertz CT molecular complexity index is 1370. The molecule has 1 aliphatic heterocycles. The lowest BCUT2D eigenvalue weighted by Gasteiger charge is -2.27. The number of rotatable bonds is 7. The zero-order valence-electron chi connectivity index (χ0n) is 19.5. The first-order chi connectivity index (χ1) is 16.4. The van der Waals surface area contributed by atoms with Crippen LogP contribution in [0.2, 0.25) is 0 Å². The number of allylic oxidation sites excluding steroid dienone is 1. The summed E-state index contributed by atoms with van der Waals surface area (Å²) in [6, 6.07) is 3.31.